The monoisotopic (exact) mass is 358 g/mol. The van der Waals surface area contributed by atoms with E-state index in [2.05, 4.69) is 15.5 Å². The van der Waals surface area contributed by atoms with Crippen molar-refractivity contribution in [2.45, 2.75) is 24.3 Å². The van der Waals surface area contributed by atoms with E-state index in [1.807, 2.05) is 38.1 Å². The number of para-hydroxylation sites is 1. The van der Waals surface area contributed by atoms with E-state index in [0.29, 0.717) is 15.7 Å². The molecular formula is C17H15ClN4OS. The van der Waals surface area contributed by atoms with E-state index in [0.717, 1.165) is 11.3 Å². The van der Waals surface area contributed by atoms with Crippen molar-refractivity contribution in [2.24, 2.45) is 0 Å². The average Bonchev–Trinajstić information content (AvgIpc) is 3.02. The molecular weight excluding hydrogens is 344 g/mol. The van der Waals surface area contributed by atoms with Crippen LogP contribution in [0.1, 0.15) is 22.8 Å². The zero-order valence-corrected chi connectivity index (χ0v) is 14.8. The van der Waals surface area contributed by atoms with Crippen LogP contribution >= 0.6 is 23.4 Å². The van der Waals surface area contributed by atoms with E-state index in [1.54, 1.807) is 28.9 Å². The van der Waals surface area contributed by atoms with Crippen molar-refractivity contribution in [1.82, 2.24) is 20.2 Å². The lowest BCUT2D eigenvalue weighted by Crippen LogP contribution is -2.14. The Kier molecular flexibility index (Phi) is 4.97. The second-order valence-corrected chi connectivity index (χ2v) is 7.04. The van der Waals surface area contributed by atoms with Gasteiger partial charge in [0, 0.05) is 10.6 Å². The lowest BCUT2D eigenvalue weighted by Gasteiger charge is -2.11. The molecule has 1 unspecified atom stereocenters. The van der Waals surface area contributed by atoms with Gasteiger partial charge in [0.15, 0.2) is 5.78 Å². The predicted molar refractivity (Wildman–Crippen MR) is 95.0 cm³/mol. The van der Waals surface area contributed by atoms with Crippen LogP contribution in [0.4, 0.5) is 0 Å². The van der Waals surface area contributed by atoms with Crippen molar-refractivity contribution in [2.75, 3.05) is 0 Å². The van der Waals surface area contributed by atoms with E-state index in [-0.39, 0.29) is 11.0 Å². The van der Waals surface area contributed by atoms with Crippen LogP contribution in [0, 0.1) is 6.92 Å². The maximum atomic E-state index is 12.6. The Morgan fingerprint density at radius 3 is 2.75 bits per heavy atom. The summed E-state index contributed by atoms with van der Waals surface area (Å²) in [6.45, 7) is 3.83. The summed E-state index contributed by atoms with van der Waals surface area (Å²) in [5.74, 6) is -0.0122. The molecule has 0 bridgehead atoms. The Morgan fingerprint density at radius 2 is 2.00 bits per heavy atom. The van der Waals surface area contributed by atoms with Gasteiger partial charge < -0.3 is 0 Å². The topological polar surface area (TPSA) is 60.7 Å². The smallest absolute Gasteiger partial charge is 0.214 e. The minimum atomic E-state index is -0.336. The molecule has 0 amide bonds. The lowest BCUT2D eigenvalue weighted by atomic mass is 10.1. The summed E-state index contributed by atoms with van der Waals surface area (Å²) in [6.07, 6.45) is 0. The van der Waals surface area contributed by atoms with Crippen LogP contribution in [0.5, 0.6) is 0 Å². The second kappa shape index (κ2) is 7.15. The van der Waals surface area contributed by atoms with Crippen molar-refractivity contribution in [3.8, 4) is 5.69 Å². The maximum Gasteiger partial charge on any atom is 0.214 e. The summed E-state index contributed by atoms with van der Waals surface area (Å²) in [6, 6.07) is 14.8. The molecule has 0 aliphatic carbocycles. The van der Waals surface area contributed by atoms with E-state index < -0.39 is 0 Å². The van der Waals surface area contributed by atoms with Gasteiger partial charge in [-0.05, 0) is 48.0 Å². The Bertz CT molecular complexity index is 880. The molecule has 122 valence electrons. The molecule has 0 spiro atoms. The van der Waals surface area contributed by atoms with Crippen LogP contribution in [0.25, 0.3) is 5.69 Å². The molecule has 7 heteroatoms. The highest BCUT2D eigenvalue weighted by atomic mass is 35.5. The van der Waals surface area contributed by atoms with Crippen molar-refractivity contribution >= 4 is 29.1 Å². The van der Waals surface area contributed by atoms with Gasteiger partial charge in [0.05, 0.1) is 10.9 Å². The molecule has 0 saturated carbocycles. The summed E-state index contributed by atoms with van der Waals surface area (Å²) in [5.41, 5.74) is 2.53. The molecule has 0 N–H and O–H groups in total. The quantitative estimate of drug-likeness (QED) is 0.510. The summed E-state index contributed by atoms with van der Waals surface area (Å²) in [4.78, 5) is 12.6. The van der Waals surface area contributed by atoms with E-state index in [1.165, 1.54) is 11.8 Å². The third-order valence-corrected chi connectivity index (χ3v) is 4.81. The van der Waals surface area contributed by atoms with Gasteiger partial charge in [0.25, 0.3) is 0 Å². The van der Waals surface area contributed by atoms with Gasteiger partial charge in [-0.1, -0.05) is 53.7 Å². The first-order valence-electron chi connectivity index (χ1n) is 7.37. The van der Waals surface area contributed by atoms with Crippen LogP contribution in [0.3, 0.4) is 0 Å². The fourth-order valence-electron chi connectivity index (χ4n) is 2.29. The van der Waals surface area contributed by atoms with Crippen LogP contribution in [0.2, 0.25) is 5.02 Å². The molecule has 24 heavy (non-hydrogen) atoms. The van der Waals surface area contributed by atoms with Gasteiger partial charge in [0.1, 0.15) is 0 Å². The summed E-state index contributed by atoms with van der Waals surface area (Å²) in [7, 11) is 0. The van der Waals surface area contributed by atoms with Crippen LogP contribution in [0.15, 0.2) is 53.7 Å². The third kappa shape index (κ3) is 3.49. The Morgan fingerprint density at radius 1 is 1.21 bits per heavy atom. The number of aromatic nitrogens is 4. The molecule has 0 saturated heterocycles. The fourth-order valence-corrected chi connectivity index (χ4v) is 3.36. The number of carbonyl (C=O) groups is 1. The van der Waals surface area contributed by atoms with Gasteiger partial charge in [-0.25, -0.2) is 0 Å². The van der Waals surface area contributed by atoms with Crippen LogP contribution < -0.4 is 0 Å². The highest BCUT2D eigenvalue weighted by molar-refractivity contribution is 8.00. The zero-order valence-electron chi connectivity index (χ0n) is 13.2. The van der Waals surface area contributed by atoms with E-state index in [9.17, 15) is 4.79 Å². The first-order chi connectivity index (χ1) is 11.6. The molecule has 1 aromatic heterocycles. The standard InChI is InChI=1S/C17H15ClN4OS/c1-11-6-3-4-9-15(11)22-17(19-20-21-22)24-12(2)16(23)13-7-5-8-14(18)10-13/h3-10,12H,1-2H3. The molecule has 2 aromatic carbocycles. The number of hydrogen-bond acceptors (Lipinski definition) is 5. The number of tetrazole rings is 1. The van der Waals surface area contributed by atoms with Gasteiger partial charge in [0.2, 0.25) is 5.16 Å². The number of rotatable bonds is 5. The molecule has 0 aliphatic rings. The first kappa shape index (κ1) is 16.7. The van der Waals surface area contributed by atoms with E-state index in [4.69, 9.17) is 11.6 Å². The van der Waals surface area contributed by atoms with Crippen molar-refractivity contribution in [3.05, 3.63) is 64.7 Å². The lowest BCUT2D eigenvalue weighted by molar-refractivity contribution is 0.0994. The SMILES string of the molecule is Cc1ccccc1-n1nnnc1SC(C)C(=O)c1cccc(Cl)c1. The molecule has 3 aromatic rings. The number of aryl methyl sites for hydroxylation is 1. The number of carbonyl (C=O) groups excluding carboxylic acids is 1. The number of benzene rings is 2. The van der Waals surface area contributed by atoms with E-state index >= 15 is 0 Å². The molecule has 1 heterocycles. The number of Topliss-reactive ketones (excluding diaryl/α,β-unsaturated/α-hetero) is 1. The minimum Gasteiger partial charge on any atom is -0.293 e. The first-order valence-corrected chi connectivity index (χ1v) is 8.63. The van der Waals surface area contributed by atoms with Crippen molar-refractivity contribution in [1.29, 1.82) is 0 Å². The summed E-state index contributed by atoms with van der Waals surface area (Å²) >= 11 is 7.29. The Hall–Kier alpha value is -2.18. The third-order valence-electron chi connectivity index (χ3n) is 3.55. The predicted octanol–water partition coefficient (Wildman–Crippen LogP) is 3.99. The number of thioether (sulfide) groups is 1. The number of halogens is 1. The Balaban J connectivity index is 1.84. The van der Waals surface area contributed by atoms with Gasteiger partial charge >= 0.3 is 0 Å². The molecule has 0 radical (unpaired) electrons. The number of ketones is 1. The molecule has 5 nitrogen and oxygen atoms in total. The molecule has 0 fully saturated rings. The highest BCUT2D eigenvalue weighted by Gasteiger charge is 2.21. The van der Waals surface area contributed by atoms with Crippen LogP contribution in [-0.2, 0) is 0 Å². The molecule has 3 rings (SSSR count). The second-order valence-electron chi connectivity index (χ2n) is 5.29. The summed E-state index contributed by atoms with van der Waals surface area (Å²) < 4.78 is 1.65. The number of hydrogen-bond donors (Lipinski definition) is 0. The largest absolute Gasteiger partial charge is 0.293 e. The fraction of sp³-hybridized carbons (Fsp3) is 0.176. The molecule has 0 aliphatic heterocycles. The molecule has 1 atom stereocenters. The van der Waals surface area contributed by atoms with Crippen molar-refractivity contribution < 1.29 is 4.79 Å². The zero-order chi connectivity index (χ0) is 17.1. The highest BCUT2D eigenvalue weighted by Crippen LogP contribution is 2.26. The maximum absolute atomic E-state index is 12.6. The normalized spacial score (nSPS) is 12.1. The number of nitrogens with zero attached hydrogens (tertiary/aromatic N) is 4. The van der Waals surface area contributed by atoms with Gasteiger partial charge in [-0.2, -0.15) is 4.68 Å². The van der Waals surface area contributed by atoms with Gasteiger partial charge in [-0.3, -0.25) is 4.79 Å². The van der Waals surface area contributed by atoms with Crippen molar-refractivity contribution in [3.63, 3.8) is 0 Å². The average molecular weight is 359 g/mol. The Labute approximate surface area is 149 Å². The van der Waals surface area contributed by atoms with Gasteiger partial charge in [-0.15, -0.1) is 5.10 Å². The minimum absolute atomic E-state index is 0.0122. The summed E-state index contributed by atoms with van der Waals surface area (Å²) in [5, 5.41) is 12.6. The van der Waals surface area contributed by atoms with Crippen LogP contribution in [-0.4, -0.2) is 31.2 Å².